The van der Waals surface area contributed by atoms with Crippen molar-refractivity contribution >= 4 is 29.9 Å². The quantitative estimate of drug-likeness (QED) is 0.300. The van der Waals surface area contributed by atoms with Gasteiger partial charge in [0.05, 0.1) is 24.5 Å². The normalized spacial score (nSPS) is 21.6. The lowest BCUT2D eigenvalue weighted by Gasteiger charge is -2.34. The molecule has 1 aliphatic heterocycles. The Bertz CT molecular complexity index is 567. The number of aliphatic hydroxyl groups is 1. The summed E-state index contributed by atoms with van der Waals surface area (Å²) in [4.78, 5) is 7.21. The smallest absolute Gasteiger partial charge is 0.191 e. The van der Waals surface area contributed by atoms with Crippen LogP contribution < -0.4 is 10.6 Å². The van der Waals surface area contributed by atoms with E-state index in [1.165, 1.54) is 25.7 Å². The first-order valence-electron chi connectivity index (χ1n) is 10.7. The van der Waals surface area contributed by atoms with E-state index in [4.69, 9.17) is 9.41 Å². The molecule has 2 heterocycles. The highest BCUT2D eigenvalue weighted by Crippen LogP contribution is 2.28. The van der Waals surface area contributed by atoms with Crippen LogP contribution in [0, 0.1) is 0 Å². The molecule has 1 aromatic rings. The third kappa shape index (κ3) is 6.91. The molecule has 3 rings (SSSR count). The van der Waals surface area contributed by atoms with Crippen LogP contribution in [0.3, 0.4) is 0 Å². The number of piperidine rings is 1. The van der Waals surface area contributed by atoms with Crippen molar-refractivity contribution in [3.05, 3.63) is 24.2 Å². The molecule has 28 heavy (non-hydrogen) atoms. The van der Waals surface area contributed by atoms with Gasteiger partial charge in [-0.1, -0.05) is 25.7 Å². The number of hydrogen-bond donors (Lipinski definition) is 3. The van der Waals surface area contributed by atoms with E-state index >= 15 is 0 Å². The Balaban J connectivity index is 0.00000280. The zero-order valence-corrected chi connectivity index (χ0v) is 19.5. The number of hydrogen-bond acceptors (Lipinski definition) is 4. The Morgan fingerprint density at radius 1 is 1.18 bits per heavy atom. The lowest BCUT2D eigenvalue weighted by molar-refractivity contribution is 0.0131. The molecule has 2 fully saturated rings. The van der Waals surface area contributed by atoms with Gasteiger partial charge in [-0.2, -0.15) is 0 Å². The Kier molecular flexibility index (Phi) is 10.1. The zero-order valence-electron chi connectivity index (χ0n) is 17.2. The predicted octanol–water partition coefficient (Wildman–Crippen LogP) is 3.67. The zero-order chi connectivity index (χ0) is 19.0. The summed E-state index contributed by atoms with van der Waals surface area (Å²) in [7, 11) is 0. The molecule has 1 atom stereocenters. The van der Waals surface area contributed by atoms with E-state index in [0.717, 1.165) is 63.6 Å². The first kappa shape index (κ1) is 23.5. The molecule has 0 radical (unpaired) electrons. The Morgan fingerprint density at radius 3 is 2.54 bits per heavy atom. The van der Waals surface area contributed by atoms with Crippen LogP contribution in [0.15, 0.2) is 27.8 Å². The van der Waals surface area contributed by atoms with Gasteiger partial charge in [0.25, 0.3) is 0 Å². The summed E-state index contributed by atoms with van der Waals surface area (Å²) in [5.74, 6) is 1.79. The summed E-state index contributed by atoms with van der Waals surface area (Å²) >= 11 is 0. The average Bonchev–Trinajstić information content (AvgIpc) is 3.22. The van der Waals surface area contributed by atoms with Crippen molar-refractivity contribution in [1.82, 2.24) is 15.5 Å². The summed E-state index contributed by atoms with van der Waals surface area (Å²) in [6.07, 6.45) is 10.7. The van der Waals surface area contributed by atoms with Crippen LogP contribution in [-0.4, -0.2) is 54.3 Å². The molecule has 0 spiro atoms. The van der Waals surface area contributed by atoms with E-state index < -0.39 is 5.60 Å². The minimum atomic E-state index is -0.631. The number of rotatable bonds is 7. The third-order valence-electron chi connectivity index (χ3n) is 5.83. The second-order valence-corrected chi connectivity index (χ2v) is 7.99. The van der Waals surface area contributed by atoms with Crippen molar-refractivity contribution in [2.24, 2.45) is 4.99 Å². The summed E-state index contributed by atoms with van der Waals surface area (Å²) in [6, 6.07) is 4.24. The van der Waals surface area contributed by atoms with E-state index in [-0.39, 0.29) is 30.0 Å². The molecule has 7 heteroatoms. The molecule has 3 N–H and O–H groups in total. The van der Waals surface area contributed by atoms with Gasteiger partial charge in [0.2, 0.25) is 0 Å². The lowest BCUT2D eigenvalue weighted by Crippen LogP contribution is -2.45. The molecule has 1 saturated carbocycles. The van der Waals surface area contributed by atoms with Gasteiger partial charge in [-0.25, -0.2) is 0 Å². The fourth-order valence-corrected chi connectivity index (χ4v) is 4.25. The topological polar surface area (TPSA) is 73.0 Å². The van der Waals surface area contributed by atoms with Crippen molar-refractivity contribution in [3.8, 4) is 0 Å². The van der Waals surface area contributed by atoms with E-state index in [1.54, 1.807) is 6.26 Å². The van der Waals surface area contributed by atoms with Crippen LogP contribution in [-0.2, 0) is 0 Å². The van der Waals surface area contributed by atoms with Gasteiger partial charge in [0, 0.05) is 13.1 Å². The third-order valence-corrected chi connectivity index (χ3v) is 5.83. The van der Waals surface area contributed by atoms with Crippen LogP contribution in [0.25, 0.3) is 0 Å². The number of halogens is 1. The molecule has 1 saturated heterocycles. The van der Waals surface area contributed by atoms with Gasteiger partial charge in [-0.3, -0.25) is 9.89 Å². The van der Waals surface area contributed by atoms with Gasteiger partial charge in [0.15, 0.2) is 5.96 Å². The summed E-state index contributed by atoms with van der Waals surface area (Å²) < 4.78 is 5.73. The summed E-state index contributed by atoms with van der Waals surface area (Å²) in [5, 5.41) is 17.5. The van der Waals surface area contributed by atoms with Gasteiger partial charge >= 0.3 is 0 Å². The maximum atomic E-state index is 10.7. The molecule has 160 valence electrons. The van der Waals surface area contributed by atoms with E-state index in [9.17, 15) is 5.11 Å². The highest BCUT2D eigenvalue weighted by atomic mass is 127. The standard InChI is InChI=1S/C21H36N4O2.HI/c1-2-22-20(24-17-21(26)11-5-3-6-12-21)23-16-18(19-10-9-15-27-19)25-13-7-4-8-14-25;/h9-10,15,18,26H,2-8,11-14,16-17H2,1H3,(H2,22,23,24);1H. The Hall–Kier alpha value is -0.800. The molecule has 2 aliphatic rings. The number of aliphatic imine (C=N–C) groups is 1. The maximum absolute atomic E-state index is 10.7. The van der Waals surface area contributed by atoms with Crippen LogP contribution in [0.5, 0.6) is 0 Å². The van der Waals surface area contributed by atoms with Crippen molar-refractivity contribution < 1.29 is 9.52 Å². The molecule has 1 aliphatic carbocycles. The molecular weight excluding hydrogens is 467 g/mol. The Morgan fingerprint density at radius 2 is 1.89 bits per heavy atom. The Labute approximate surface area is 186 Å². The first-order chi connectivity index (χ1) is 13.2. The minimum absolute atomic E-state index is 0. The maximum Gasteiger partial charge on any atom is 0.191 e. The average molecular weight is 504 g/mol. The van der Waals surface area contributed by atoms with Gasteiger partial charge in [-0.05, 0) is 57.8 Å². The number of likely N-dealkylation sites (tertiary alicyclic amines) is 1. The number of guanidine groups is 1. The van der Waals surface area contributed by atoms with E-state index in [0.29, 0.717) is 6.54 Å². The number of furan rings is 1. The first-order valence-corrected chi connectivity index (χ1v) is 10.7. The van der Waals surface area contributed by atoms with Crippen molar-refractivity contribution in [2.75, 3.05) is 32.7 Å². The minimum Gasteiger partial charge on any atom is -0.468 e. The molecule has 0 bridgehead atoms. The fraction of sp³-hybridized carbons (Fsp3) is 0.762. The fourth-order valence-electron chi connectivity index (χ4n) is 4.25. The second kappa shape index (κ2) is 12.0. The van der Waals surface area contributed by atoms with Crippen LogP contribution in [0.2, 0.25) is 0 Å². The molecule has 1 unspecified atom stereocenters. The molecule has 1 aromatic heterocycles. The summed E-state index contributed by atoms with van der Waals surface area (Å²) in [5.41, 5.74) is -0.631. The molecular formula is C21H37IN4O2. The molecule has 6 nitrogen and oxygen atoms in total. The largest absolute Gasteiger partial charge is 0.468 e. The van der Waals surface area contributed by atoms with Crippen LogP contribution >= 0.6 is 24.0 Å². The number of nitrogens with one attached hydrogen (secondary N) is 2. The van der Waals surface area contributed by atoms with Gasteiger partial charge in [0.1, 0.15) is 5.76 Å². The lowest BCUT2D eigenvalue weighted by atomic mass is 9.85. The van der Waals surface area contributed by atoms with Crippen LogP contribution in [0.4, 0.5) is 0 Å². The van der Waals surface area contributed by atoms with Crippen molar-refractivity contribution in [3.63, 3.8) is 0 Å². The van der Waals surface area contributed by atoms with E-state index in [1.807, 2.05) is 6.07 Å². The highest BCUT2D eigenvalue weighted by molar-refractivity contribution is 14.0. The van der Waals surface area contributed by atoms with E-state index in [2.05, 4.69) is 28.5 Å². The van der Waals surface area contributed by atoms with Gasteiger partial charge in [-0.15, -0.1) is 24.0 Å². The summed E-state index contributed by atoms with van der Waals surface area (Å²) in [6.45, 7) is 6.32. The van der Waals surface area contributed by atoms with Crippen LogP contribution in [0.1, 0.15) is 70.1 Å². The molecule has 0 aromatic carbocycles. The predicted molar refractivity (Wildman–Crippen MR) is 124 cm³/mol. The monoisotopic (exact) mass is 504 g/mol. The number of nitrogens with zero attached hydrogens (tertiary/aromatic N) is 2. The highest BCUT2D eigenvalue weighted by Gasteiger charge is 2.29. The van der Waals surface area contributed by atoms with Crippen molar-refractivity contribution in [1.29, 1.82) is 0 Å². The second-order valence-electron chi connectivity index (χ2n) is 7.99. The SMILES string of the molecule is CCNC(=NCC1(O)CCCCC1)NCC(c1ccco1)N1CCCCC1.I. The van der Waals surface area contributed by atoms with Crippen molar-refractivity contribution in [2.45, 2.75) is 69.9 Å². The van der Waals surface area contributed by atoms with Gasteiger partial charge < -0.3 is 20.2 Å². The molecule has 0 amide bonds.